The minimum absolute atomic E-state index is 0.801. The molecule has 2 aromatic rings. The van der Waals surface area contributed by atoms with Crippen LogP contribution >= 0.6 is 27.3 Å². The molecule has 0 atom stereocenters. The molecular formula is C12H13BrN2S. The van der Waals surface area contributed by atoms with Crippen molar-refractivity contribution in [3.63, 3.8) is 0 Å². The van der Waals surface area contributed by atoms with Crippen molar-refractivity contribution in [1.82, 2.24) is 0 Å². The van der Waals surface area contributed by atoms with Crippen molar-refractivity contribution in [2.45, 2.75) is 6.54 Å². The van der Waals surface area contributed by atoms with Crippen LogP contribution in [0.4, 0.5) is 11.4 Å². The van der Waals surface area contributed by atoms with Crippen LogP contribution in [-0.2, 0) is 6.54 Å². The van der Waals surface area contributed by atoms with E-state index in [2.05, 4.69) is 39.3 Å². The number of thiophene rings is 1. The lowest BCUT2D eigenvalue weighted by Crippen LogP contribution is -2.15. The van der Waals surface area contributed by atoms with Crippen LogP contribution in [0.5, 0.6) is 0 Å². The fraction of sp³-hybridized carbons (Fsp3) is 0.167. The fourth-order valence-electron chi connectivity index (χ4n) is 1.52. The van der Waals surface area contributed by atoms with Gasteiger partial charge in [0.2, 0.25) is 0 Å². The summed E-state index contributed by atoms with van der Waals surface area (Å²) in [6.45, 7) is 0.909. The van der Waals surface area contributed by atoms with Crippen molar-refractivity contribution >= 4 is 38.6 Å². The van der Waals surface area contributed by atoms with Gasteiger partial charge in [0.15, 0.2) is 0 Å². The molecule has 84 valence electrons. The van der Waals surface area contributed by atoms with Gasteiger partial charge in [-0.2, -0.15) is 0 Å². The Bertz CT molecular complexity index is 464. The average Bonchev–Trinajstić information content (AvgIpc) is 2.65. The van der Waals surface area contributed by atoms with Crippen molar-refractivity contribution in [3.05, 3.63) is 45.1 Å². The number of benzene rings is 1. The summed E-state index contributed by atoms with van der Waals surface area (Å²) in [6.07, 6.45) is 0. The number of hydrogen-bond acceptors (Lipinski definition) is 3. The topological polar surface area (TPSA) is 29.3 Å². The van der Waals surface area contributed by atoms with Crippen LogP contribution in [0.1, 0.15) is 5.56 Å². The molecule has 16 heavy (non-hydrogen) atoms. The van der Waals surface area contributed by atoms with E-state index in [1.54, 1.807) is 11.3 Å². The van der Waals surface area contributed by atoms with Gasteiger partial charge in [-0.3, -0.25) is 0 Å². The van der Waals surface area contributed by atoms with Crippen molar-refractivity contribution in [2.24, 2.45) is 0 Å². The summed E-state index contributed by atoms with van der Waals surface area (Å²) in [5, 5.41) is 2.16. The molecule has 4 heteroatoms. The van der Waals surface area contributed by atoms with Crippen LogP contribution in [-0.4, -0.2) is 7.05 Å². The molecule has 0 saturated carbocycles. The third kappa shape index (κ3) is 2.77. The van der Waals surface area contributed by atoms with E-state index in [-0.39, 0.29) is 0 Å². The van der Waals surface area contributed by atoms with Crippen LogP contribution in [0, 0.1) is 0 Å². The predicted octanol–water partition coefficient (Wildman–Crippen LogP) is 3.73. The van der Waals surface area contributed by atoms with E-state index < -0.39 is 0 Å². The molecule has 0 saturated heterocycles. The van der Waals surface area contributed by atoms with Gasteiger partial charge in [-0.1, -0.05) is 0 Å². The Morgan fingerprint density at radius 3 is 2.56 bits per heavy atom. The van der Waals surface area contributed by atoms with Crippen molar-refractivity contribution < 1.29 is 0 Å². The van der Waals surface area contributed by atoms with Crippen LogP contribution in [0.2, 0.25) is 0 Å². The Balaban J connectivity index is 2.08. The Morgan fingerprint density at radius 1 is 1.31 bits per heavy atom. The highest BCUT2D eigenvalue weighted by atomic mass is 79.9. The first kappa shape index (κ1) is 11.5. The van der Waals surface area contributed by atoms with Gasteiger partial charge in [-0.15, -0.1) is 11.3 Å². The van der Waals surface area contributed by atoms with E-state index >= 15 is 0 Å². The summed E-state index contributed by atoms with van der Waals surface area (Å²) < 4.78 is 1.17. The SMILES string of the molecule is CN(Cc1csc(Br)c1)c1ccc(N)cc1. The third-order valence-corrected chi connectivity index (χ3v) is 3.93. The summed E-state index contributed by atoms with van der Waals surface area (Å²) in [5.74, 6) is 0. The molecule has 0 radical (unpaired) electrons. The summed E-state index contributed by atoms with van der Waals surface area (Å²) in [7, 11) is 2.08. The van der Waals surface area contributed by atoms with E-state index in [0.29, 0.717) is 0 Å². The molecule has 0 fully saturated rings. The second-order valence-electron chi connectivity index (χ2n) is 3.71. The van der Waals surface area contributed by atoms with E-state index in [0.717, 1.165) is 12.2 Å². The molecule has 0 aliphatic rings. The number of nitrogens with zero attached hydrogens (tertiary/aromatic N) is 1. The van der Waals surface area contributed by atoms with Gasteiger partial charge in [-0.25, -0.2) is 0 Å². The zero-order valence-corrected chi connectivity index (χ0v) is 11.4. The molecule has 0 aliphatic carbocycles. The number of hydrogen-bond donors (Lipinski definition) is 1. The third-order valence-electron chi connectivity index (χ3n) is 2.38. The van der Waals surface area contributed by atoms with Gasteiger partial charge < -0.3 is 10.6 Å². The van der Waals surface area contributed by atoms with Crippen molar-refractivity contribution in [2.75, 3.05) is 17.7 Å². The molecule has 0 unspecified atom stereocenters. The molecule has 1 aromatic heterocycles. The van der Waals surface area contributed by atoms with Crippen molar-refractivity contribution in [3.8, 4) is 0 Å². The smallest absolute Gasteiger partial charge is 0.0701 e. The molecule has 1 heterocycles. The normalized spacial score (nSPS) is 10.4. The number of nitrogens with two attached hydrogens (primary N) is 1. The fourth-order valence-corrected chi connectivity index (χ4v) is 2.72. The number of rotatable bonds is 3. The van der Waals surface area contributed by atoms with Gasteiger partial charge >= 0.3 is 0 Å². The quantitative estimate of drug-likeness (QED) is 0.875. The zero-order valence-electron chi connectivity index (χ0n) is 8.98. The largest absolute Gasteiger partial charge is 0.399 e. The minimum atomic E-state index is 0.801. The number of halogens is 1. The van der Waals surface area contributed by atoms with Crippen LogP contribution in [0.25, 0.3) is 0 Å². The summed E-state index contributed by atoms with van der Waals surface area (Å²) in [5.41, 5.74) is 8.95. The molecular weight excluding hydrogens is 284 g/mol. The Hall–Kier alpha value is -1.00. The summed E-state index contributed by atoms with van der Waals surface area (Å²) in [4.78, 5) is 2.20. The summed E-state index contributed by atoms with van der Waals surface area (Å²) in [6, 6.07) is 10.1. The lowest BCUT2D eigenvalue weighted by molar-refractivity contribution is 0.927. The van der Waals surface area contributed by atoms with Crippen LogP contribution in [0.3, 0.4) is 0 Å². The first-order chi connectivity index (χ1) is 7.65. The molecule has 1 aromatic carbocycles. The highest BCUT2D eigenvalue weighted by Gasteiger charge is 2.03. The maximum absolute atomic E-state index is 5.66. The molecule has 0 bridgehead atoms. The van der Waals surface area contributed by atoms with Crippen molar-refractivity contribution in [1.29, 1.82) is 0 Å². The average molecular weight is 297 g/mol. The van der Waals surface area contributed by atoms with E-state index in [9.17, 15) is 0 Å². The first-order valence-electron chi connectivity index (χ1n) is 4.95. The van der Waals surface area contributed by atoms with Gasteiger partial charge in [0.1, 0.15) is 0 Å². The van der Waals surface area contributed by atoms with Crippen LogP contribution < -0.4 is 10.6 Å². The second-order valence-corrected chi connectivity index (χ2v) is 6.00. The van der Waals surface area contributed by atoms with E-state index in [1.807, 2.05) is 24.3 Å². The number of nitrogen functional groups attached to an aromatic ring is 1. The zero-order chi connectivity index (χ0) is 11.5. The van der Waals surface area contributed by atoms with Gasteiger partial charge in [0, 0.05) is 25.0 Å². The lowest BCUT2D eigenvalue weighted by atomic mass is 10.2. The van der Waals surface area contributed by atoms with Gasteiger partial charge in [0.05, 0.1) is 3.79 Å². The monoisotopic (exact) mass is 296 g/mol. The van der Waals surface area contributed by atoms with Gasteiger partial charge in [0.25, 0.3) is 0 Å². The Kier molecular flexibility index (Phi) is 3.51. The van der Waals surface area contributed by atoms with Gasteiger partial charge in [-0.05, 0) is 57.2 Å². The maximum atomic E-state index is 5.66. The summed E-state index contributed by atoms with van der Waals surface area (Å²) >= 11 is 5.19. The molecule has 2 rings (SSSR count). The molecule has 0 spiro atoms. The second kappa shape index (κ2) is 4.89. The highest BCUT2D eigenvalue weighted by Crippen LogP contribution is 2.23. The molecule has 0 aliphatic heterocycles. The number of anilines is 2. The Labute approximate surface area is 108 Å². The maximum Gasteiger partial charge on any atom is 0.0701 e. The molecule has 2 N–H and O–H groups in total. The lowest BCUT2D eigenvalue weighted by Gasteiger charge is -2.18. The molecule has 2 nitrogen and oxygen atoms in total. The highest BCUT2D eigenvalue weighted by molar-refractivity contribution is 9.11. The van der Waals surface area contributed by atoms with E-state index in [4.69, 9.17) is 5.73 Å². The predicted molar refractivity (Wildman–Crippen MR) is 75.0 cm³/mol. The van der Waals surface area contributed by atoms with Crippen LogP contribution in [0.15, 0.2) is 39.5 Å². The first-order valence-corrected chi connectivity index (χ1v) is 6.62. The van der Waals surface area contributed by atoms with E-state index in [1.165, 1.54) is 15.0 Å². The molecule has 0 amide bonds. The Morgan fingerprint density at radius 2 is 2.00 bits per heavy atom. The standard InChI is InChI=1S/C12H13BrN2S/c1-15(7-9-6-12(13)16-8-9)11-4-2-10(14)3-5-11/h2-6,8H,7,14H2,1H3. The minimum Gasteiger partial charge on any atom is -0.399 e.